The number of rotatable bonds is 10. The molecule has 3 nitrogen and oxygen atoms in total. The minimum atomic E-state index is -1.79. The Morgan fingerprint density at radius 1 is 1.00 bits per heavy atom. The molecule has 26 heavy (non-hydrogen) atoms. The molecule has 0 aliphatic carbocycles. The van der Waals surface area contributed by atoms with Gasteiger partial charge in [0.25, 0.3) is 0 Å². The van der Waals surface area contributed by atoms with E-state index in [1.807, 2.05) is 12.1 Å². The summed E-state index contributed by atoms with van der Waals surface area (Å²) in [4.78, 5) is 4.08. The van der Waals surface area contributed by atoms with Crippen molar-refractivity contribution in [1.29, 1.82) is 0 Å². The van der Waals surface area contributed by atoms with Crippen molar-refractivity contribution in [2.75, 3.05) is 6.54 Å². The number of pyridine rings is 1. The number of halogens is 2. The first-order valence-corrected chi connectivity index (χ1v) is 11.8. The van der Waals surface area contributed by atoms with Crippen LogP contribution < -0.4 is 5.32 Å². The van der Waals surface area contributed by atoms with Gasteiger partial charge in [0.2, 0.25) is 0 Å². The van der Waals surface area contributed by atoms with Gasteiger partial charge in [-0.2, -0.15) is 0 Å². The Labute approximate surface area is 155 Å². The van der Waals surface area contributed by atoms with E-state index in [1.165, 1.54) is 12.1 Å². The summed E-state index contributed by atoms with van der Waals surface area (Å²) in [5, 5.41) is 3.29. The van der Waals surface area contributed by atoms with Crippen LogP contribution in [0.3, 0.4) is 0 Å². The maximum absolute atomic E-state index is 13.3. The molecule has 6 heteroatoms. The lowest BCUT2D eigenvalue weighted by Gasteiger charge is -2.33. The summed E-state index contributed by atoms with van der Waals surface area (Å²) < 4.78 is 33.3. The van der Waals surface area contributed by atoms with Gasteiger partial charge in [-0.15, -0.1) is 0 Å². The van der Waals surface area contributed by atoms with Gasteiger partial charge in [0, 0.05) is 31.5 Å². The van der Waals surface area contributed by atoms with Crippen molar-refractivity contribution in [3.63, 3.8) is 0 Å². The van der Waals surface area contributed by atoms with Crippen molar-refractivity contribution < 1.29 is 13.2 Å². The Bertz CT molecular complexity index is 652. The van der Waals surface area contributed by atoms with Crippen molar-refractivity contribution in [3.8, 4) is 0 Å². The Morgan fingerprint density at radius 3 is 2.12 bits per heavy atom. The van der Waals surface area contributed by atoms with Crippen molar-refractivity contribution in [3.05, 3.63) is 65.5 Å². The van der Waals surface area contributed by atoms with Gasteiger partial charge >= 0.3 is 0 Å². The molecule has 1 N–H and O–H groups in total. The van der Waals surface area contributed by atoms with Crippen LogP contribution in [0.4, 0.5) is 8.78 Å². The largest absolute Gasteiger partial charge is 0.409 e. The highest BCUT2D eigenvalue weighted by atomic mass is 28.4. The van der Waals surface area contributed by atoms with Gasteiger partial charge in [0.1, 0.15) is 11.6 Å². The highest BCUT2D eigenvalue weighted by molar-refractivity contribution is 6.73. The van der Waals surface area contributed by atoms with Crippen LogP contribution in [0.25, 0.3) is 0 Å². The van der Waals surface area contributed by atoms with Crippen molar-refractivity contribution in [2.45, 2.75) is 51.6 Å². The van der Waals surface area contributed by atoms with Gasteiger partial charge in [-0.05, 0) is 53.5 Å². The van der Waals surface area contributed by atoms with E-state index in [0.717, 1.165) is 29.8 Å². The Morgan fingerprint density at radius 2 is 1.58 bits per heavy atom. The zero-order valence-corrected chi connectivity index (χ0v) is 16.8. The summed E-state index contributed by atoms with van der Waals surface area (Å²) in [6.45, 7) is 7.57. The van der Waals surface area contributed by atoms with Gasteiger partial charge < -0.3 is 9.74 Å². The molecule has 0 aliphatic heterocycles. The average molecular weight is 379 g/mol. The second kappa shape index (κ2) is 9.90. The highest BCUT2D eigenvalue weighted by Gasteiger charge is 2.32. The van der Waals surface area contributed by atoms with Crippen molar-refractivity contribution in [2.24, 2.45) is 0 Å². The molecule has 0 amide bonds. The van der Waals surface area contributed by atoms with Crippen LogP contribution in [0.1, 0.15) is 38.0 Å². The molecule has 0 radical (unpaired) electrons. The maximum atomic E-state index is 13.3. The molecule has 1 aromatic heterocycles. The molecule has 0 aliphatic rings. The van der Waals surface area contributed by atoms with Gasteiger partial charge in [0.15, 0.2) is 8.32 Å². The number of benzene rings is 1. The normalized spacial score (nSPS) is 13.0. The third-order valence-electron chi connectivity index (χ3n) is 4.98. The molecule has 1 aromatic carbocycles. The van der Waals surface area contributed by atoms with Crippen LogP contribution in [0.5, 0.6) is 0 Å². The summed E-state index contributed by atoms with van der Waals surface area (Å²) in [6, 6.07) is 10.7. The van der Waals surface area contributed by atoms with E-state index in [0.29, 0.717) is 18.7 Å². The lowest BCUT2D eigenvalue weighted by molar-refractivity contribution is 0.185. The maximum Gasteiger partial charge on any atom is 0.192 e. The molecule has 2 rings (SSSR count). The molecule has 0 fully saturated rings. The topological polar surface area (TPSA) is 34.1 Å². The first-order valence-electron chi connectivity index (χ1n) is 9.25. The van der Waals surface area contributed by atoms with Crippen LogP contribution in [-0.2, 0) is 11.0 Å². The van der Waals surface area contributed by atoms with Gasteiger partial charge in [0.05, 0.1) is 6.10 Å². The molecule has 0 saturated carbocycles. The van der Waals surface area contributed by atoms with Crippen LogP contribution >= 0.6 is 0 Å². The summed E-state index contributed by atoms with van der Waals surface area (Å²) >= 11 is 0. The first kappa shape index (κ1) is 20.7. The monoisotopic (exact) mass is 378 g/mol. The van der Waals surface area contributed by atoms with Gasteiger partial charge in [-0.1, -0.05) is 20.8 Å². The molecular formula is C20H28F2N2OSi. The van der Waals surface area contributed by atoms with Gasteiger partial charge in [-0.25, -0.2) is 8.78 Å². The molecule has 0 saturated heterocycles. The third-order valence-corrected chi connectivity index (χ3v) is 9.63. The predicted octanol–water partition coefficient (Wildman–Crippen LogP) is 5.21. The van der Waals surface area contributed by atoms with Crippen molar-refractivity contribution >= 4 is 8.32 Å². The van der Waals surface area contributed by atoms with Gasteiger partial charge in [-0.3, -0.25) is 4.98 Å². The molecule has 0 spiro atoms. The van der Waals surface area contributed by atoms with E-state index in [1.54, 1.807) is 12.4 Å². The van der Waals surface area contributed by atoms with E-state index in [-0.39, 0.29) is 6.10 Å². The smallest absolute Gasteiger partial charge is 0.192 e. The fourth-order valence-electron chi connectivity index (χ4n) is 3.17. The van der Waals surface area contributed by atoms with Crippen LogP contribution in [-0.4, -0.2) is 19.8 Å². The number of nitrogens with zero attached hydrogens (tertiary/aromatic N) is 1. The molecule has 1 atom stereocenters. The predicted molar refractivity (Wildman–Crippen MR) is 103 cm³/mol. The second-order valence-corrected chi connectivity index (χ2v) is 11.3. The van der Waals surface area contributed by atoms with E-state index >= 15 is 0 Å². The number of hydrogen-bond acceptors (Lipinski definition) is 3. The third kappa shape index (κ3) is 5.69. The Balaban J connectivity index is 2.09. The fourth-order valence-corrected chi connectivity index (χ4v) is 5.99. The molecule has 1 unspecified atom stereocenters. The van der Waals surface area contributed by atoms with E-state index in [9.17, 15) is 8.78 Å². The molecular weight excluding hydrogens is 350 g/mol. The molecule has 1 heterocycles. The van der Waals surface area contributed by atoms with Crippen LogP contribution in [0.15, 0.2) is 42.7 Å². The van der Waals surface area contributed by atoms with Crippen molar-refractivity contribution in [1.82, 2.24) is 10.3 Å². The first-order chi connectivity index (χ1) is 12.5. The zero-order valence-electron chi connectivity index (χ0n) is 15.8. The number of hydrogen-bond donors (Lipinski definition) is 1. The number of aromatic nitrogens is 1. The van der Waals surface area contributed by atoms with E-state index in [4.69, 9.17) is 4.43 Å². The fraction of sp³-hybridized carbons (Fsp3) is 0.450. The summed E-state index contributed by atoms with van der Waals surface area (Å²) in [5.74, 6) is -1.11. The summed E-state index contributed by atoms with van der Waals surface area (Å²) in [6.07, 6.45) is 3.43. The molecule has 2 aromatic rings. The Kier molecular flexibility index (Phi) is 7.87. The lowest BCUT2D eigenvalue weighted by Crippen LogP contribution is -2.39. The molecule has 0 bridgehead atoms. The quantitative estimate of drug-likeness (QED) is 0.576. The number of nitrogens with one attached hydrogen (secondary N) is 1. The minimum absolute atomic E-state index is 0.0945. The van der Waals surface area contributed by atoms with Crippen LogP contribution in [0.2, 0.25) is 18.1 Å². The average Bonchev–Trinajstić information content (AvgIpc) is 2.65. The zero-order chi connectivity index (χ0) is 19.0. The van der Waals surface area contributed by atoms with Crippen LogP contribution in [0, 0.1) is 11.6 Å². The summed E-state index contributed by atoms with van der Waals surface area (Å²) in [7, 11) is -1.79. The van der Waals surface area contributed by atoms with E-state index in [2.05, 4.69) is 31.1 Å². The summed E-state index contributed by atoms with van der Waals surface area (Å²) in [5.41, 5.74) is 1.66. The molecule has 142 valence electrons. The second-order valence-electron chi connectivity index (χ2n) is 6.54. The standard InChI is InChI=1S/C20H28F2N2OSi/c1-4-26(5-2,6-3)25-20(17-7-9-23-10-8-17)15-24-14-16-11-18(21)13-19(22)12-16/h7-13,20,24H,4-6,14-15H2,1-3H3. The SMILES string of the molecule is CC[Si](CC)(CC)OC(CNCc1cc(F)cc(F)c1)c1ccncc1. The van der Waals surface area contributed by atoms with E-state index < -0.39 is 20.0 Å². The highest BCUT2D eigenvalue weighted by Crippen LogP contribution is 2.29. The minimum Gasteiger partial charge on any atom is -0.409 e. The lowest BCUT2D eigenvalue weighted by atomic mass is 10.1. The Hall–Kier alpha value is -1.63.